The fraction of sp³-hybridized carbons (Fsp3) is 0. The van der Waals surface area contributed by atoms with E-state index in [1.807, 2.05) is 6.07 Å². The van der Waals surface area contributed by atoms with Gasteiger partial charge in [0, 0.05) is 17.8 Å². The summed E-state index contributed by atoms with van der Waals surface area (Å²) in [6, 6.07) is 10.3. The first kappa shape index (κ1) is 13.8. The van der Waals surface area contributed by atoms with E-state index in [4.69, 9.17) is 23.2 Å². The van der Waals surface area contributed by atoms with Gasteiger partial charge in [0.15, 0.2) is 0 Å². The van der Waals surface area contributed by atoms with Crippen LogP contribution < -0.4 is 5.32 Å². The van der Waals surface area contributed by atoms with Crippen LogP contribution in [0.1, 0.15) is 10.4 Å². The third-order valence-corrected chi connectivity index (χ3v) is 3.58. The van der Waals surface area contributed by atoms with Gasteiger partial charge in [-0.15, -0.1) is 0 Å². The largest absolute Gasteiger partial charge is 0.321 e. The Hall–Kier alpha value is -2.17. The van der Waals surface area contributed by atoms with Gasteiger partial charge in [-0.2, -0.15) is 0 Å². The number of carbonyl (C=O) groups excluding carboxylic acids is 1. The molecule has 0 fully saturated rings. The van der Waals surface area contributed by atoms with Crippen LogP contribution in [0, 0.1) is 0 Å². The third-order valence-electron chi connectivity index (χ3n) is 2.97. The quantitative estimate of drug-likeness (QED) is 0.721. The molecule has 0 spiro atoms. The number of hydrogen-bond acceptors (Lipinski definition) is 3. The van der Waals surface area contributed by atoms with Gasteiger partial charge in [-0.25, -0.2) is 4.98 Å². The van der Waals surface area contributed by atoms with Crippen LogP contribution in [0.2, 0.25) is 10.2 Å². The number of rotatable bonds is 2. The van der Waals surface area contributed by atoms with Crippen molar-refractivity contribution in [1.29, 1.82) is 0 Å². The molecule has 6 heteroatoms. The molecule has 1 N–H and O–H groups in total. The van der Waals surface area contributed by atoms with Gasteiger partial charge in [0.1, 0.15) is 5.15 Å². The fourth-order valence-corrected chi connectivity index (χ4v) is 2.41. The molecule has 0 unspecified atom stereocenters. The number of amides is 1. The molecule has 0 saturated heterocycles. The number of benzene rings is 1. The Morgan fingerprint density at radius 3 is 2.57 bits per heavy atom. The van der Waals surface area contributed by atoms with Gasteiger partial charge >= 0.3 is 0 Å². The number of nitrogens with zero attached hydrogens (tertiary/aromatic N) is 2. The van der Waals surface area contributed by atoms with E-state index in [9.17, 15) is 4.79 Å². The summed E-state index contributed by atoms with van der Waals surface area (Å²) in [5, 5.41) is 4.26. The van der Waals surface area contributed by atoms with Crippen molar-refractivity contribution in [3.63, 3.8) is 0 Å². The van der Waals surface area contributed by atoms with Crippen LogP contribution in [0.5, 0.6) is 0 Å². The van der Waals surface area contributed by atoms with Crippen LogP contribution in [0.25, 0.3) is 10.9 Å². The SMILES string of the molecule is O=C(Nc1ccc(Cl)c2ncccc12)c1cccnc1Cl. The summed E-state index contributed by atoms with van der Waals surface area (Å²) in [6.07, 6.45) is 3.18. The number of pyridine rings is 2. The highest BCUT2D eigenvalue weighted by atomic mass is 35.5. The van der Waals surface area contributed by atoms with E-state index >= 15 is 0 Å². The first-order valence-corrected chi connectivity index (χ1v) is 6.87. The molecule has 1 amide bonds. The highest BCUT2D eigenvalue weighted by Gasteiger charge is 2.13. The van der Waals surface area contributed by atoms with Gasteiger partial charge in [0.2, 0.25) is 0 Å². The van der Waals surface area contributed by atoms with Crippen molar-refractivity contribution in [3.8, 4) is 0 Å². The normalized spacial score (nSPS) is 10.6. The zero-order chi connectivity index (χ0) is 14.8. The van der Waals surface area contributed by atoms with Crippen molar-refractivity contribution in [2.75, 3.05) is 5.32 Å². The lowest BCUT2D eigenvalue weighted by Crippen LogP contribution is -2.13. The molecule has 0 saturated carbocycles. The second-order valence-electron chi connectivity index (χ2n) is 4.29. The Morgan fingerprint density at radius 1 is 1.00 bits per heavy atom. The van der Waals surface area contributed by atoms with Gasteiger partial charge in [0.25, 0.3) is 5.91 Å². The average molecular weight is 318 g/mol. The first-order valence-electron chi connectivity index (χ1n) is 6.12. The lowest BCUT2D eigenvalue weighted by Gasteiger charge is -2.09. The maximum absolute atomic E-state index is 12.3. The minimum absolute atomic E-state index is 0.159. The standard InChI is InChI=1S/C15H9Cl2N3O/c16-11-5-6-12(9-3-1-7-18-13(9)11)20-15(21)10-4-2-8-19-14(10)17/h1-8H,(H,20,21). The Morgan fingerprint density at radius 2 is 1.76 bits per heavy atom. The maximum Gasteiger partial charge on any atom is 0.258 e. The number of carbonyl (C=O) groups is 1. The molecular formula is C15H9Cl2N3O. The van der Waals surface area contributed by atoms with Gasteiger partial charge in [-0.1, -0.05) is 23.2 Å². The number of anilines is 1. The molecule has 2 heterocycles. The molecule has 0 bridgehead atoms. The second-order valence-corrected chi connectivity index (χ2v) is 5.06. The summed E-state index contributed by atoms with van der Waals surface area (Å²) in [7, 11) is 0. The molecular weight excluding hydrogens is 309 g/mol. The molecule has 3 rings (SSSR count). The molecule has 2 aromatic heterocycles. The number of aromatic nitrogens is 2. The topological polar surface area (TPSA) is 54.9 Å². The van der Waals surface area contributed by atoms with Gasteiger partial charge in [0.05, 0.1) is 21.8 Å². The molecule has 104 valence electrons. The van der Waals surface area contributed by atoms with E-state index in [1.54, 1.807) is 36.5 Å². The number of hydrogen-bond donors (Lipinski definition) is 1. The maximum atomic E-state index is 12.3. The Labute approximate surface area is 130 Å². The number of fused-ring (bicyclic) bond motifs is 1. The van der Waals surface area contributed by atoms with Crippen LogP contribution in [-0.2, 0) is 0 Å². The summed E-state index contributed by atoms with van der Waals surface area (Å²) < 4.78 is 0. The van der Waals surface area contributed by atoms with Crippen molar-refractivity contribution in [3.05, 3.63) is 64.5 Å². The highest BCUT2D eigenvalue weighted by molar-refractivity contribution is 6.36. The summed E-state index contributed by atoms with van der Waals surface area (Å²) >= 11 is 12.0. The van der Waals surface area contributed by atoms with Gasteiger partial charge in [-0.3, -0.25) is 9.78 Å². The molecule has 0 aliphatic heterocycles. The van der Waals surface area contributed by atoms with Gasteiger partial charge < -0.3 is 5.32 Å². The Kier molecular flexibility index (Phi) is 3.73. The first-order chi connectivity index (χ1) is 10.2. The summed E-state index contributed by atoms with van der Waals surface area (Å²) in [4.78, 5) is 20.4. The van der Waals surface area contributed by atoms with Crippen LogP contribution in [-0.4, -0.2) is 15.9 Å². The molecule has 0 atom stereocenters. The summed E-state index contributed by atoms with van der Waals surface area (Å²) in [5.41, 5.74) is 1.56. The Balaban J connectivity index is 2.01. The van der Waals surface area contributed by atoms with Crippen molar-refractivity contribution in [2.24, 2.45) is 0 Å². The summed E-state index contributed by atoms with van der Waals surface area (Å²) in [5.74, 6) is -0.333. The van der Waals surface area contributed by atoms with Crippen molar-refractivity contribution in [2.45, 2.75) is 0 Å². The number of halogens is 2. The third kappa shape index (κ3) is 2.68. The smallest absolute Gasteiger partial charge is 0.258 e. The van der Waals surface area contributed by atoms with Gasteiger partial charge in [-0.05, 0) is 36.4 Å². The zero-order valence-electron chi connectivity index (χ0n) is 10.7. The zero-order valence-corrected chi connectivity index (χ0v) is 12.2. The molecule has 21 heavy (non-hydrogen) atoms. The molecule has 3 aromatic rings. The van der Waals surface area contributed by atoms with Crippen LogP contribution in [0.3, 0.4) is 0 Å². The van der Waals surface area contributed by atoms with Crippen LogP contribution in [0.15, 0.2) is 48.8 Å². The number of nitrogens with one attached hydrogen (secondary N) is 1. The van der Waals surface area contributed by atoms with E-state index in [-0.39, 0.29) is 11.1 Å². The molecule has 4 nitrogen and oxygen atoms in total. The predicted molar refractivity (Wildman–Crippen MR) is 84.0 cm³/mol. The molecule has 0 aliphatic rings. The minimum Gasteiger partial charge on any atom is -0.321 e. The summed E-state index contributed by atoms with van der Waals surface area (Å²) in [6.45, 7) is 0. The van der Waals surface area contributed by atoms with E-state index in [0.29, 0.717) is 21.8 Å². The monoisotopic (exact) mass is 317 g/mol. The Bertz CT molecular complexity index is 836. The second kappa shape index (κ2) is 5.68. The van der Waals surface area contributed by atoms with Crippen LogP contribution >= 0.6 is 23.2 Å². The highest BCUT2D eigenvalue weighted by Crippen LogP contribution is 2.28. The molecule has 0 aliphatic carbocycles. The van der Waals surface area contributed by atoms with Crippen molar-refractivity contribution < 1.29 is 4.79 Å². The fourth-order valence-electron chi connectivity index (χ4n) is 1.99. The predicted octanol–water partition coefficient (Wildman–Crippen LogP) is 4.19. The van der Waals surface area contributed by atoms with Crippen molar-refractivity contribution in [1.82, 2.24) is 9.97 Å². The average Bonchev–Trinajstić information content (AvgIpc) is 2.51. The van der Waals surface area contributed by atoms with E-state index in [1.165, 1.54) is 6.20 Å². The van der Waals surface area contributed by atoms with Crippen LogP contribution in [0.4, 0.5) is 5.69 Å². The van der Waals surface area contributed by atoms with E-state index < -0.39 is 0 Å². The van der Waals surface area contributed by atoms with Crippen molar-refractivity contribution >= 4 is 45.7 Å². The minimum atomic E-state index is -0.333. The lowest BCUT2D eigenvalue weighted by molar-refractivity contribution is 0.102. The van der Waals surface area contributed by atoms with E-state index in [0.717, 1.165) is 5.39 Å². The molecule has 0 radical (unpaired) electrons. The lowest BCUT2D eigenvalue weighted by atomic mass is 10.1. The van der Waals surface area contributed by atoms with E-state index in [2.05, 4.69) is 15.3 Å². The molecule has 1 aromatic carbocycles.